The largest absolute Gasteiger partial charge is 0.486 e. The lowest BCUT2D eigenvalue weighted by atomic mass is 10.1. The van der Waals surface area contributed by atoms with Crippen molar-refractivity contribution >= 4 is 21.8 Å². The van der Waals surface area contributed by atoms with Crippen LogP contribution in [0, 0.1) is 0 Å². The van der Waals surface area contributed by atoms with E-state index in [0.29, 0.717) is 24.7 Å². The average molecular weight is 442 g/mol. The van der Waals surface area contributed by atoms with E-state index in [0.717, 1.165) is 21.3 Å². The molecule has 6 nitrogen and oxygen atoms in total. The van der Waals surface area contributed by atoms with Crippen LogP contribution < -0.4 is 14.8 Å². The maximum atomic E-state index is 12.6. The number of nitrogens with zero attached hydrogens (tertiary/aromatic N) is 2. The van der Waals surface area contributed by atoms with Gasteiger partial charge in [0.1, 0.15) is 13.2 Å². The molecule has 2 aromatic carbocycles. The lowest BCUT2D eigenvalue weighted by Gasteiger charge is -2.20. The van der Waals surface area contributed by atoms with E-state index >= 15 is 0 Å². The van der Waals surface area contributed by atoms with Gasteiger partial charge in [0.25, 0.3) is 0 Å². The zero-order valence-electron chi connectivity index (χ0n) is 15.4. The predicted molar refractivity (Wildman–Crippen MR) is 109 cm³/mol. The number of halogens is 1. The van der Waals surface area contributed by atoms with E-state index in [2.05, 4.69) is 26.2 Å². The molecule has 7 heteroatoms. The number of ether oxygens (including phenoxy) is 2. The second kappa shape index (κ2) is 8.06. The minimum Gasteiger partial charge on any atom is -0.486 e. The fraction of sp³-hybridized carbons (Fsp3) is 0.238. The molecule has 0 saturated heterocycles. The SMILES string of the molecule is C[C@@H](NC(=O)Cc1cc2c(cc1Br)OCCO2)c1ccc(-n2ccnc2)cc1. The molecule has 28 heavy (non-hydrogen) atoms. The third kappa shape index (κ3) is 4.04. The minimum atomic E-state index is -0.0969. The van der Waals surface area contributed by atoms with E-state index in [1.807, 2.05) is 54.1 Å². The van der Waals surface area contributed by atoms with E-state index in [9.17, 15) is 4.79 Å². The first-order chi connectivity index (χ1) is 13.6. The topological polar surface area (TPSA) is 65.4 Å². The van der Waals surface area contributed by atoms with Crippen LogP contribution in [0.1, 0.15) is 24.1 Å². The van der Waals surface area contributed by atoms with E-state index in [1.165, 1.54) is 0 Å². The summed E-state index contributed by atoms with van der Waals surface area (Å²) in [5.41, 5.74) is 2.93. The Labute approximate surface area is 171 Å². The molecule has 1 aliphatic rings. The molecule has 1 aromatic heterocycles. The monoisotopic (exact) mass is 441 g/mol. The Bertz CT molecular complexity index is 971. The van der Waals surface area contributed by atoms with Crippen molar-refractivity contribution in [1.82, 2.24) is 14.9 Å². The highest BCUT2D eigenvalue weighted by Gasteiger charge is 2.17. The summed E-state index contributed by atoms with van der Waals surface area (Å²) < 4.78 is 13.9. The zero-order chi connectivity index (χ0) is 19.5. The number of carbonyl (C=O) groups is 1. The Balaban J connectivity index is 1.41. The number of nitrogens with one attached hydrogen (secondary N) is 1. The Morgan fingerprint density at radius 2 is 1.93 bits per heavy atom. The van der Waals surface area contributed by atoms with Gasteiger partial charge in [0.05, 0.1) is 18.8 Å². The van der Waals surface area contributed by atoms with Gasteiger partial charge in [-0.3, -0.25) is 4.79 Å². The molecule has 0 bridgehead atoms. The maximum absolute atomic E-state index is 12.6. The highest BCUT2D eigenvalue weighted by Crippen LogP contribution is 2.35. The van der Waals surface area contributed by atoms with Gasteiger partial charge in [-0.15, -0.1) is 0 Å². The van der Waals surface area contributed by atoms with Crippen molar-refractivity contribution < 1.29 is 14.3 Å². The van der Waals surface area contributed by atoms with Crippen molar-refractivity contribution in [3.63, 3.8) is 0 Å². The summed E-state index contributed by atoms with van der Waals surface area (Å²) in [6, 6.07) is 11.7. The van der Waals surface area contributed by atoms with Crippen LogP contribution in [0.2, 0.25) is 0 Å². The molecule has 0 aliphatic carbocycles. The molecule has 1 amide bonds. The molecule has 3 aromatic rings. The molecule has 1 aliphatic heterocycles. The highest BCUT2D eigenvalue weighted by molar-refractivity contribution is 9.10. The number of carbonyl (C=O) groups excluding carboxylic acids is 1. The third-order valence-electron chi connectivity index (χ3n) is 4.64. The van der Waals surface area contributed by atoms with Crippen molar-refractivity contribution in [3.8, 4) is 17.2 Å². The number of hydrogen-bond acceptors (Lipinski definition) is 4. The van der Waals surface area contributed by atoms with Crippen molar-refractivity contribution in [3.05, 3.63) is 70.7 Å². The van der Waals surface area contributed by atoms with Crippen LogP contribution in [0.4, 0.5) is 0 Å². The van der Waals surface area contributed by atoms with Crippen LogP contribution >= 0.6 is 15.9 Å². The Kier molecular flexibility index (Phi) is 5.34. The number of fused-ring (bicyclic) bond motifs is 1. The molecule has 2 heterocycles. The second-order valence-corrected chi connectivity index (χ2v) is 7.47. The number of benzene rings is 2. The quantitative estimate of drug-likeness (QED) is 0.653. The number of hydrogen-bond donors (Lipinski definition) is 1. The van der Waals surface area contributed by atoms with Gasteiger partial charge < -0.3 is 19.4 Å². The van der Waals surface area contributed by atoms with Gasteiger partial charge in [-0.1, -0.05) is 28.1 Å². The number of aromatic nitrogens is 2. The fourth-order valence-corrected chi connectivity index (χ4v) is 3.60. The minimum absolute atomic E-state index is 0.0523. The summed E-state index contributed by atoms with van der Waals surface area (Å²) >= 11 is 3.52. The third-order valence-corrected chi connectivity index (χ3v) is 5.37. The van der Waals surface area contributed by atoms with Gasteiger partial charge in [-0.05, 0) is 42.3 Å². The smallest absolute Gasteiger partial charge is 0.224 e. The van der Waals surface area contributed by atoms with E-state index in [1.54, 1.807) is 12.5 Å². The summed E-state index contributed by atoms with van der Waals surface area (Å²) in [6.45, 7) is 3.03. The first kappa shape index (κ1) is 18.6. The second-order valence-electron chi connectivity index (χ2n) is 6.61. The van der Waals surface area contributed by atoms with Gasteiger partial charge in [0, 0.05) is 22.6 Å². The van der Waals surface area contributed by atoms with Crippen LogP contribution in [0.15, 0.2) is 59.6 Å². The molecule has 1 atom stereocenters. The van der Waals surface area contributed by atoms with Crippen molar-refractivity contribution in [1.29, 1.82) is 0 Å². The highest BCUT2D eigenvalue weighted by atomic mass is 79.9. The van der Waals surface area contributed by atoms with Gasteiger partial charge >= 0.3 is 0 Å². The molecule has 0 unspecified atom stereocenters. The first-order valence-corrected chi connectivity index (χ1v) is 9.85. The molecule has 1 N–H and O–H groups in total. The van der Waals surface area contributed by atoms with Crippen LogP contribution in [0.3, 0.4) is 0 Å². The van der Waals surface area contributed by atoms with Crippen LogP contribution in [-0.2, 0) is 11.2 Å². The van der Waals surface area contributed by atoms with Gasteiger partial charge in [-0.2, -0.15) is 0 Å². The van der Waals surface area contributed by atoms with E-state index < -0.39 is 0 Å². The standard InChI is InChI=1S/C21H20BrN3O3/c1-14(15-2-4-17(5-3-15)25-7-6-23-13-25)24-21(26)11-16-10-19-20(12-18(16)22)28-9-8-27-19/h2-7,10,12-14H,8-9,11H2,1H3,(H,24,26)/t14-/m1/s1. The molecule has 144 valence electrons. The molecule has 0 fully saturated rings. The van der Waals surface area contributed by atoms with Crippen molar-refractivity contribution in [2.75, 3.05) is 13.2 Å². The van der Waals surface area contributed by atoms with E-state index in [-0.39, 0.29) is 18.4 Å². The molecule has 0 spiro atoms. The summed E-state index contributed by atoms with van der Waals surface area (Å²) in [7, 11) is 0. The summed E-state index contributed by atoms with van der Waals surface area (Å²) in [4.78, 5) is 16.6. The molecule has 0 radical (unpaired) electrons. The van der Waals surface area contributed by atoms with Crippen LogP contribution in [0.25, 0.3) is 5.69 Å². The van der Waals surface area contributed by atoms with Gasteiger partial charge in [0.15, 0.2) is 11.5 Å². The molecule has 0 saturated carbocycles. The number of imidazole rings is 1. The molecular weight excluding hydrogens is 422 g/mol. The van der Waals surface area contributed by atoms with Crippen molar-refractivity contribution in [2.45, 2.75) is 19.4 Å². The average Bonchev–Trinajstić information content (AvgIpc) is 3.23. The summed E-state index contributed by atoms with van der Waals surface area (Å²) in [5.74, 6) is 1.33. The lowest BCUT2D eigenvalue weighted by molar-refractivity contribution is -0.121. The van der Waals surface area contributed by atoms with Crippen molar-refractivity contribution in [2.24, 2.45) is 0 Å². The summed E-state index contributed by atoms with van der Waals surface area (Å²) in [6.07, 6.45) is 5.65. The number of rotatable bonds is 5. The Morgan fingerprint density at radius 3 is 2.61 bits per heavy atom. The lowest BCUT2D eigenvalue weighted by Crippen LogP contribution is -2.28. The molecule has 4 rings (SSSR count). The zero-order valence-corrected chi connectivity index (χ0v) is 17.0. The predicted octanol–water partition coefficient (Wildman–Crippen LogP) is 3.83. The first-order valence-electron chi connectivity index (χ1n) is 9.06. The van der Waals surface area contributed by atoms with Gasteiger partial charge in [-0.25, -0.2) is 4.98 Å². The normalized spacial score (nSPS) is 13.8. The van der Waals surface area contributed by atoms with E-state index in [4.69, 9.17) is 9.47 Å². The van der Waals surface area contributed by atoms with Crippen LogP contribution in [-0.4, -0.2) is 28.7 Å². The summed E-state index contributed by atoms with van der Waals surface area (Å²) in [5, 5.41) is 3.06. The number of amides is 1. The van der Waals surface area contributed by atoms with Gasteiger partial charge in [0.2, 0.25) is 5.91 Å². The fourth-order valence-electron chi connectivity index (χ4n) is 3.14. The Hall–Kier alpha value is -2.80. The Morgan fingerprint density at radius 1 is 1.21 bits per heavy atom. The maximum Gasteiger partial charge on any atom is 0.224 e. The molecular formula is C21H20BrN3O3. The van der Waals surface area contributed by atoms with Crippen LogP contribution in [0.5, 0.6) is 11.5 Å².